The molecular formula is C20H18N2O5S2. The molecule has 0 aliphatic carbocycles. The molecular weight excluding hydrogens is 412 g/mol. The number of carbonyl (C=O) groups excluding carboxylic acids is 1. The topological polar surface area (TPSA) is 85.3 Å². The molecule has 3 aliphatic rings. The van der Waals surface area contributed by atoms with Gasteiger partial charge in [-0.15, -0.1) is 0 Å². The Morgan fingerprint density at radius 3 is 2.72 bits per heavy atom. The second-order valence-electron chi connectivity index (χ2n) is 7.16. The molecule has 2 atom stereocenters. The lowest BCUT2D eigenvalue weighted by Crippen LogP contribution is -2.37. The number of anilines is 1. The SMILES string of the molecule is O=C(Cc1ccccc1)N=C1S[C@@H]2CS(=O)(=O)C[C@@H]2N1c1ccc2c(c1)OCO2. The van der Waals surface area contributed by atoms with Gasteiger partial charge < -0.3 is 14.4 Å². The minimum absolute atomic E-state index is 0.0466. The van der Waals surface area contributed by atoms with Gasteiger partial charge in [0.2, 0.25) is 6.79 Å². The van der Waals surface area contributed by atoms with E-state index in [1.807, 2.05) is 47.4 Å². The molecule has 150 valence electrons. The normalized spacial score (nSPS) is 25.4. The molecule has 3 aliphatic heterocycles. The minimum Gasteiger partial charge on any atom is -0.454 e. The van der Waals surface area contributed by atoms with E-state index < -0.39 is 9.84 Å². The van der Waals surface area contributed by atoms with Crippen molar-refractivity contribution in [2.75, 3.05) is 23.2 Å². The monoisotopic (exact) mass is 430 g/mol. The van der Waals surface area contributed by atoms with E-state index in [-0.39, 0.29) is 41.9 Å². The number of ether oxygens (including phenoxy) is 2. The Morgan fingerprint density at radius 2 is 1.90 bits per heavy atom. The second kappa shape index (κ2) is 7.07. The van der Waals surface area contributed by atoms with Crippen molar-refractivity contribution < 1.29 is 22.7 Å². The van der Waals surface area contributed by atoms with Crippen LogP contribution in [0.1, 0.15) is 5.56 Å². The first-order valence-corrected chi connectivity index (χ1v) is 11.9. The summed E-state index contributed by atoms with van der Waals surface area (Å²) in [7, 11) is -3.12. The number of hydrogen-bond donors (Lipinski definition) is 0. The van der Waals surface area contributed by atoms with E-state index in [0.29, 0.717) is 16.7 Å². The Labute approximate surface area is 172 Å². The molecule has 0 spiro atoms. The van der Waals surface area contributed by atoms with E-state index in [1.165, 1.54) is 11.8 Å². The van der Waals surface area contributed by atoms with Crippen LogP contribution in [0.4, 0.5) is 5.69 Å². The number of fused-ring (bicyclic) bond motifs is 2. The maximum absolute atomic E-state index is 12.6. The molecule has 0 bridgehead atoms. The predicted molar refractivity (Wildman–Crippen MR) is 111 cm³/mol. The maximum atomic E-state index is 12.6. The van der Waals surface area contributed by atoms with Crippen molar-refractivity contribution in [3.05, 3.63) is 54.1 Å². The summed E-state index contributed by atoms with van der Waals surface area (Å²) in [6.07, 6.45) is 0.202. The zero-order valence-corrected chi connectivity index (χ0v) is 17.0. The van der Waals surface area contributed by atoms with Gasteiger partial charge in [0.05, 0.1) is 24.0 Å². The first-order chi connectivity index (χ1) is 14.0. The fourth-order valence-corrected chi connectivity index (χ4v) is 7.75. The average Bonchev–Trinajstić information content (AvgIpc) is 3.33. The van der Waals surface area contributed by atoms with Crippen LogP contribution in [0.2, 0.25) is 0 Å². The molecule has 0 saturated carbocycles. The van der Waals surface area contributed by atoms with Crippen LogP contribution >= 0.6 is 11.8 Å². The summed E-state index contributed by atoms with van der Waals surface area (Å²) in [6, 6.07) is 14.6. The zero-order valence-electron chi connectivity index (χ0n) is 15.4. The van der Waals surface area contributed by atoms with Gasteiger partial charge in [-0.25, -0.2) is 8.42 Å². The van der Waals surface area contributed by atoms with Crippen LogP contribution in [-0.4, -0.2) is 49.1 Å². The highest BCUT2D eigenvalue weighted by molar-refractivity contribution is 8.16. The Morgan fingerprint density at radius 1 is 1.10 bits per heavy atom. The molecule has 0 unspecified atom stereocenters. The number of sulfone groups is 1. The first-order valence-electron chi connectivity index (χ1n) is 9.20. The number of amidine groups is 1. The molecule has 2 aromatic carbocycles. The van der Waals surface area contributed by atoms with Crippen molar-refractivity contribution in [2.24, 2.45) is 4.99 Å². The summed E-state index contributed by atoms with van der Waals surface area (Å²) in [5.41, 5.74) is 1.64. The van der Waals surface area contributed by atoms with Crippen LogP contribution in [0.25, 0.3) is 0 Å². The van der Waals surface area contributed by atoms with Crippen molar-refractivity contribution >= 4 is 38.4 Å². The third kappa shape index (κ3) is 3.60. The van der Waals surface area contributed by atoms with Gasteiger partial charge >= 0.3 is 0 Å². The molecule has 7 nitrogen and oxygen atoms in total. The van der Waals surface area contributed by atoms with E-state index in [9.17, 15) is 13.2 Å². The van der Waals surface area contributed by atoms with Crippen LogP contribution in [0.3, 0.4) is 0 Å². The molecule has 1 amide bonds. The van der Waals surface area contributed by atoms with Gasteiger partial charge in [0.1, 0.15) is 0 Å². The quantitative estimate of drug-likeness (QED) is 0.738. The molecule has 2 saturated heterocycles. The van der Waals surface area contributed by atoms with Crippen molar-refractivity contribution in [3.63, 3.8) is 0 Å². The summed E-state index contributed by atoms with van der Waals surface area (Å²) >= 11 is 1.36. The maximum Gasteiger partial charge on any atom is 0.252 e. The van der Waals surface area contributed by atoms with E-state index in [1.54, 1.807) is 6.07 Å². The second-order valence-corrected chi connectivity index (χ2v) is 10.5. The van der Waals surface area contributed by atoms with Crippen LogP contribution in [0.15, 0.2) is 53.5 Å². The number of rotatable bonds is 3. The fourth-order valence-electron chi connectivity index (χ4n) is 3.82. The van der Waals surface area contributed by atoms with Gasteiger partial charge in [-0.05, 0) is 17.7 Å². The number of nitrogens with zero attached hydrogens (tertiary/aromatic N) is 2. The molecule has 0 radical (unpaired) electrons. The lowest BCUT2D eigenvalue weighted by Gasteiger charge is -2.24. The van der Waals surface area contributed by atoms with E-state index in [0.717, 1.165) is 11.3 Å². The number of thioether (sulfide) groups is 1. The van der Waals surface area contributed by atoms with E-state index in [4.69, 9.17) is 9.47 Å². The number of amides is 1. The first kappa shape index (κ1) is 18.5. The Bertz CT molecular complexity index is 1100. The van der Waals surface area contributed by atoms with Crippen LogP contribution in [0.5, 0.6) is 11.5 Å². The van der Waals surface area contributed by atoms with Crippen LogP contribution in [-0.2, 0) is 21.1 Å². The molecule has 0 aromatic heterocycles. The van der Waals surface area contributed by atoms with Crippen molar-refractivity contribution in [1.82, 2.24) is 0 Å². The average molecular weight is 431 g/mol. The fraction of sp³-hybridized carbons (Fsp3) is 0.300. The predicted octanol–water partition coefficient (Wildman–Crippen LogP) is 2.26. The van der Waals surface area contributed by atoms with Gasteiger partial charge in [0, 0.05) is 17.0 Å². The molecule has 2 aromatic rings. The Hall–Kier alpha value is -2.52. The van der Waals surface area contributed by atoms with Crippen molar-refractivity contribution in [1.29, 1.82) is 0 Å². The summed E-state index contributed by atoms with van der Waals surface area (Å²) in [5, 5.41) is 0.392. The minimum atomic E-state index is -3.12. The number of benzene rings is 2. The molecule has 29 heavy (non-hydrogen) atoms. The molecule has 3 heterocycles. The molecule has 0 N–H and O–H groups in total. The molecule has 2 fully saturated rings. The highest BCUT2D eigenvalue weighted by atomic mass is 32.2. The summed E-state index contributed by atoms with van der Waals surface area (Å²) in [5.74, 6) is 1.13. The van der Waals surface area contributed by atoms with Crippen molar-refractivity contribution in [3.8, 4) is 11.5 Å². The number of aliphatic imine (C=N–C) groups is 1. The van der Waals surface area contributed by atoms with Gasteiger partial charge in [0.25, 0.3) is 5.91 Å². The standard InChI is InChI=1S/C20H18N2O5S2/c23-19(8-13-4-2-1-3-5-13)21-20-22(15-10-29(24,25)11-18(15)28-20)14-6-7-16-17(9-14)27-12-26-16/h1-7,9,15,18H,8,10-12H2/t15-,18+/m0/s1. The largest absolute Gasteiger partial charge is 0.454 e. The number of carbonyl (C=O) groups is 1. The van der Waals surface area contributed by atoms with E-state index >= 15 is 0 Å². The third-order valence-corrected chi connectivity index (χ3v) is 8.33. The van der Waals surface area contributed by atoms with Crippen LogP contribution < -0.4 is 14.4 Å². The molecule has 9 heteroatoms. The summed E-state index contributed by atoms with van der Waals surface area (Å²) in [4.78, 5) is 18.8. The summed E-state index contributed by atoms with van der Waals surface area (Å²) in [6.45, 7) is 0.157. The van der Waals surface area contributed by atoms with Crippen LogP contribution in [0, 0.1) is 0 Å². The van der Waals surface area contributed by atoms with Gasteiger partial charge in [-0.2, -0.15) is 4.99 Å². The lowest BCUT2D eigenvalue weighted by atomic mass is 10.1. The van der Waals surface area contributed by atoms with Gasteiger partial charge in [-0.3, -0.25) is 4.79 Å². The smallest absolute Gasteiger partial charge is 0.252 e. The number of hydrogen-bond acceptors (Lipinski definition) is 6. The third-order valence-electron chi connectivity index (χ3n) is 5.12. The highest BCUT2D eigenvalue weighted by Gasteiger charge is 2.49. The van der Waals surface area contributed by atoms with Crippen molar-refractivity contribution in [2.45, 2.75) is 17.7 Å². The Kier molecular flexibility index (Phi) is 4.51. The Balaban J connectivity index is 1.48. The van der Waals surface area contributed by atoms with Gasteiger partial charge in [-0.1, -0.05) is 42.1 Å². The highest BCUT2D eigenvalue weighted by Crippen LogP contribution is 2.43. The zero-order chi connectivity index (χ0) is 20.0. The lowest BCUT2D eigenvalue weighted by molar-refractivity contribution is -0.117. The summed E-state index contributed by atoms with van der Waals surface area (Å²) < 4.78 is 35.2. The molecule has 5 rings (SSSR count). The van der Waals surface area contributed by atoms with E-state index in [2.05, 4.69) is 4.99 Å². The van der Waals surface area contributed by atoms with Gasteiger partial charge in [0.15, 0.2) is 26.5 Å².